The molecule has 5 atom stereocenters. The SMILES string of the molecule is Cc1c([C@H](O)CN2[C@@H]3CC[C@H]2C[C@]2(CC(C)N(C4=CC(=O)OC4)C2=O)C3)ccc2c1COC2=O. The predicted octanol–water partition coefficient (Wildman–Crippen LogP) is 2.37. The van der Waals surface area contributed by atoms with Gasteiger partial charge in [-0.1, -0.05) is 6.07 Å². The van der Waals surface area contributed by atoms with Crippen molar-refractivity contribution in [1.82, 2.24) is 9.80 Å². The molecule has 34 heavy (non-hydrogen) atoms. The number of likely N-dealkylation sites (tertiary alicyclic amines) is 1. The molecule has 8 heteroatoms. The van der Waals surface area contributed by atoms with Gasteiger partial charge in [-0.05, 0) is 63.1 Å². The zero-order valence-corrected chi connectivity index (χ0v) is 19.6. The minimum Gasteiger partial charge on any atom is -0.457 e. The van der Waals surface area contributed by atoms with E-state index in [1.807, 2.05) is 13.0 Å². The van der Waals surface area contributed by atoms with Gasteiger partial charge in [-0.25, -0.2) is 9.59 Å². The number of fused-ring (bicyclic) bond motifs is 3. The van der Waals surface area contributed by atoms with Gasteiger partial charge in [0.25, 0.3) is 0 Å². The van der Waals surface area contributed by atoms with Crippen molar-refractivity contribution in [3.05, 3.63) is 46.2 Å². The zero-order valence-electron chi connectivity index (χ0n) is 19.6. The Labute approximate surface area is 198 Å². The third kappa shape index (κ3) is 3.15. The monoisotopic (exact) mass is 466 g/mol. The van der Waals surface area contributed by atoms with Crippen LogP contribution in [0.25, 0.3) is 0 Å². The number of nitrogens with zero attached hydrogens (tertiary/aromatic N) is 2. The van der Waals surface area contributed by atoms with Crippen molar-refractivity contribution in [3.63, 3.8) is 0 Å². The van der Waals surface area contributed by atoms with Crippen LogP contribution in [0.3, 0.4) is 0 Å². The van der Waals surface area contributed by atoms with Crippen LogP contribution in [-0.2, 0) is 25.7 Å². The summed E-state index contributed by atoms with van der Waals surface area (Å²) in [4.78, 5) is 41.3. The van der Waals surface area contributed by atoms with Crippen LogP contribution in [0.15, 0.2) is 23.9 Å². The Morgan fingerprint density at radius 2 is 1.82 bits per heavy atom. The number of piperidine rings is 1. The molecule has 0 radical (unpaired) electrons. The molecule has 0 aliphatic carbocycles. The number of esters is 2. The van der Waals surface area contributed by atoms with E-state index in [1.165, 1.54) is 6.08 Å². The largest absolute Gasteiger partial charge is 0.457 e. The first-order valence-corrected chi connectivity index (χ1v) is 12.2. The van der Waals surface area contributed by atoms with E-state index in [1.54, 1.807) is 11.0 Å². The first-order valence-electron chi connectivity index (χ1n) is 12.2. The molecule has 8 nitrogen and oxygen atoms in total. The van der Waals surface area contributed by atoms with Crippen molar-refractivity contribution >= 4 is 17.8 Å². The molecule has 5 aliphatic rings. The number of carbonyl (C=O) groups excluding carboxylic acids is 3. The van der Waals surface area contributed by atoms with Crippen molar-refractivity contribution < 1.29 is 29.0 Å². The predicted molar refractivity (Wildman–Crippen MR) is 120 cm³/mol. The van der Waals surface area contributed by atoms with Crippen LogP contribution < -0.4 is 0 Å². The van der Waals surface area contributed by atoms with Crippen molar-refractivity contribution in [2.45, 2.75) is 76.8 Å². The number of rotatable bonds is 4. The summed E-state index contributed by atoms with van der Waals surface area (Å²) in [5, 5.41) is 11.2. The number of amides is 1. The Morgan fingerprint density at radius 1 is 1.09 bits per heavy atom. The first kappa shape index (κ1) is 21.8. The van der Waals surface area contributed by atoms with E-state index in [0.717, 1.165) is 48.8 Å². The number of hydrogen-bond donors (Lipinski definition) is 1. The van der Waals surface area contributed by atoms with Crippen molar-refractivity contribution in [3.8, 4) is 0 Å². The quantitative estimate of drug-likeness (QED) is 0.681. The molecule has 1 N–H and O–H groups in total. The van der Waals surface area contributed by atoms with Crippen LogP contribution in [-0.4, -0.2) is 64.0 Å². The highest BCUT2D eigenvalue weighted by Crippen LogP contribution is 2.53. The van der Waals surface area contributed by atoms with Gasteiger partial charge in [-0.2, -0.15) is 0 Å². The summed E-state index contributed by atoms with van der Waals surface area (Å²) < 4.78 is 10.2. The molecule has 0 saturated carbocycles. The van der Waals surface area contributed by atoms with Crippen LogP contribution in [0, 0.1) is 12.3 Å². The maximum atomic E-state index is 13.6. The maximum Gasteiger partial charge on any atom is 0.338 e. The third-order valence-corrected chi connectivity index (χ3v) is 8.73. The lowest BCUT2D eigenvalue weighted by atomic mass is 9.72. The topological polar surface area (TPSA) is 96.4 Å². The van der Waals surface area contributed by atoms with Gasteiger partial charge in [0.15, 0.2) is 0 Å². The fourth-order valence-electron chi connectivity index (χ4n) is 7.22. The fraction of sp³-hybridized carbons (Fsp3) is 0.577. The van der Waals surface area contributed by atoms with Gasteiger partial charge in [-0.3, -0.25) is 9.69 Å². The average molecular weight is 467 g/mol. The molecule has 2 bridgehead atoms. The molecule has 180 valence electrons. The van der Waals surface area contributed by atoms with E-state index in [0.29, 0.717) is 17.8 Å². The van der Waals surface area contributed by atoms with Crippen LogP contribution in [0.4, 0.5) is 0 Å². The molecular weight excluding hydrogens is 436 g/mol. The smallest absolute Gasteiger partial charge is 0.338 e. The Bertz CT molecular complexity index is 1110. The molecule has 1 spiro atoms. The molecular formula is C26H30N2O6. The summed E-state index contributed by atoms with van der Waals surface area (Å²) in [6.45, 7) is 4.95. The van der Waals surface area contributed by atoms with Gasteiger partial charge in [0.05, 0.1) is 22.8 Å². The molecule has 1 aromatic rings. The molecule has 3 saturated heterocycles. The molecule has 6 rings (SSSR count). The number of carbonyl (C=O) groups is 3. The van der Waals surface area contributed by atoms with Crippen molar-refractivity contribution in [2.75, 3.05) is 13.2 Å². The van der Waals surface area contributed by atoms with Gasteiger partial charge >= 0.3 is 11.9 Å². The minimum absolute atomic E-state index is 0.0452. The number of benzene rings is 1. The normalized spacial score (nSPS) is 33.4. The highest BCUT2D eigenvalue weighted by atomic mass is 16.5. The second kappa shape index (κ2) is 7.65. The lowest BCUT2D eigenvalue weighted by Gasteiger charge is -2.44. The summed E-state index contributed by atoms with van der Waals surface area (Å²) in [7, 11) is 0. The second-order valence-corrected chi connectivity index (χ2v) is 10.6. The number of cyclic esters (lactones) is 2. The number of aliphatic hydroxyl groups is 1. The van der Waals surface area contributed by atoms with E-state index >= 15 is 0 Å². The summed E-state index contributed by atoms with van der Waals surface area (Å²) in [5.74, 6) is -0.550. The van der Waals surface area contributed by atoms with Gasteiger partial charge in [0.1, 0.15) is 13.2 Å². The highest BCUT2D eigenvalue weighted by Gasteiger charge is 2.58. The summed E-state index contributed by atoms with van der Waals surface area (Å²) in [5.41, 5.74) is 3.51. The van der Waals surface area contributed by atoms with E-state index in [-0.39, 0.29) is 49.2 Å². The third-order valence-electron chi connectivity index (χ3n) is 8.73. The van der Waals surface area contributed by atoms with Crippen LogP contribution >= 0.6 is 0 Å². The Morgan fingerprint density at radius 3 is 2.50 bits per heavy atom. The van der Waals surface area contributed by atoms with Crippen LogP contribution in [0.1, 0.15) is 72.2 Å². The Hall–Kier alpha value is -2.71. The second-order valence-electron chi connectivity index (χ2n) is 10.6. The summed E-state index contributed by atoms with van der Waals surface area (Å²) >= 11 is 0. The average Bonchev–Trinajstić information content (AvgIpc) is 3.50. The van der Waals surface area contributed by atoms with E-state index < -0.39 is 11.5 Å². The molecule has 1 unspecified atom stereocenters. The Balaban J connectivity index is 1.19. The van der Waals surface area contributed by atoms with Gasteiger partial charge in [0, 0.05) is 36.3 Å². The fourth-order valence-corrected chi connectivity index (χ4v) is 7.22. The maximum absolute atomic E-state index is 13.6. The highest BCUT2D eigenvalue weighted by molar-refractivity contribution is 5.94. The zero-order chi connectivity index (χ0) is 23.8. The first-order chi connectivity index (χ1) is 16.3. The summed E-state index contributed by atoms with van der Waals surface area (Å²) in [6, 6.07) is 4.15. The van der Waals surface area contributed by atoms with Crippen LogP contribution in [0.2, 0.25) is 0 Å². The van der Waals surface area contributed by atoms with E-state index in [4.69, 9.17) is 9.47 Å². The minimum atomic E-state index is -0.667. The van der Waals surface area contributed by atoms with Gasteiger partial charge in [0.2, 0.25) is 5.91 Å². The molecule has 1 amide bonds. The lowest BCUT2D eigenvalue weighted by molar-refractivity contribution is -0.140. The number of ether oxygens (including phenoxy) is 2. The molecule has 5 heterocycles. The van der Waals surface area contributed by atoms with E-state index in [9.17, 15) is 19.5 Å². The molecule has 5 aliphatic heterocycles. The standard InChI is InChI=1S/C26H30N2O6/c1-14-8-26(25(32)28(14)18-7-23(30)33-12-18)9-16-3-4-17(10-26)27(16)11-22(29)19-5-6-20-21(15(19)2)13-34-24(20)31/h5-7,14,16-17,22,29H,3-4,8-13H2,1-2H3/t14?,16-,17+,22-,26+/m1/s1. The summed E-state index contributed by atoms with van der Waals surface area (Å²) in [6.07, 6.45) is 5.18. The molecule has 1 aromatic carbocycles. The van der Waals surface area contributed by atoms with Crippen molar-refractivity contribution in [1.29, 1.82) is 0 Å². The van der Waals surface area contributed by atoms with Gasteiger partial charge in [-0.15, -0.1) is 0 Å². The number of aliphatic hydroxyl groups excluding tert-OH is 1. The molecule has 0 aromatic heterocycles. The molecule has 3 fully saturated rings. The van der Waals surface area contributed by atoms with Crippen molar-refractivity contribution in [2.24, 2.45) is 5.41 Å². The number of hydrogen-bond acceptors (Lipinski definition) is 7. The van der Waals surface area contributed by atoms with E-state index in [2.05, 4.69) is 11.8 Å². The van der Waals surface area contributed by atoms with Gasteiger partial charge < -0.3 is 19.5 Å². The lowest BCUT2D eigenvalue weighted by Crippen LogP contribution is -2.51. The Kier molecular flexibility index (Phi) is 4.90. The van der Waals surface area contributed by atoms with Crippen LogP contribution in [0.5, 0.6) is 0 Å².